The molecule has 0 radical (unpaired) electrons. The average molecular weight is 374 g/mol. The molecule has 0 spiro atoms. The number of nitrogens with zero attached hydrogens (tertiary/aromatic N) is 4. The molecule has 7 nitrogen and oxygen atoms in total. The van der Waals surface area contributed by atoms with E-state index in [9.17, 15) is 10.1 Å². The van der Waals surface area contributed by atoms with Crippen LogP contribution in [0.5, 0.6) is 5.75 Å². The lowest BCUT2D eigenvalue weighted by atomic mass is 9.98. The third-order valence-electron chi connectivity index (χ3n) is 4.96. The van der Waals surface area contributed by atoms with E-state index in [1.54, 1.807) is 14.0 Å². The Morgan fingerprint density at radius 3 is 2.33 bits per heavy atom. The number of hydrogen-bond acceptors (Lipinski definition) is 6. The molecule has 0 N–H and O–H groups in total. The zero-order valence-corrected chi connectivity index (χ0v) is 17.2. The smallest absolute Gasteiger partial charge is 0.350 e. The number of aryl methyl sites for hydroxylation is 2. The highest BCUT2D eigenvalue weighted by molar-refractivity contribution is 6.05. The summed E-state index contributed by atoms with van der Waals surface area (Å²) >= 11 is 0. The third-order valence-corrected chi connectivity index (χ3v) is 4.96. The standard InChI is InChI=1S/C20H30N4O3/c1-7-9-23(10-8-2)20(24(25)26)13-21-19(22-16(20)5)18-15(4)11-14(3)12-17(18)27-6/h11-13,19H,7-10H2,1-6H3. The molecular weight excluding hydrogens is 344 g/mol. The Bertz CT molecular complexity index is 754. The topological polar surface area (TPSA) is 80.3 Å². The minimum absolute atomic E-state index is 0.268. The summed E-state index contributed by atoms with van der Waals surface area (Å²) in [7, 11) is 1.62. The Labute approximate surface area is 161 Å². The summed E-state index contributed by atoms with van der Waals surface area (Å²) in [5, 5.41) is 12.1. The van der Waals surface area contributed by atoms with E-state index in [1.165, 1.54) is 6.21 Å². The van der Waals surface area contributed by atoms with Gasteiger partial charge in [-0.3, -0.25) is 20.1 Å². The van der Waals surface area contributed by atoms with Crippen molar-refractivity contribution in [2.45, 2.75) is 59.3 Å². The largest absolute Gasteiger partial charge is 0.496 e. The molecule has 0 fully saturated rings. The predicted octanol–water partition coefficient (Wildman–Crippen LogP) is 3.95. The fourth-order valence-corrected chi connectivity index (χ4v) is 3.76. The van der Waals surface area contributed by atoms with Crippen LogP contribution >= 0.6 is 0 Å². The summed E-state index contributed by atoms with van der Waals surface area (Å²) in [6.07, 6.45) is 2.60. The van der Waals surface area contributed by atoms with Crippen LogP contribution in [0, 0.1) is 24.0 Å². The molecule has 0 aromatic heterocycles. The second kappa shape index (κ2) is 8.61. The van der Waals surface area contributed by atoms with Crippen LogP contribution in [0.3, 0.4) is 0 Å². The van der Waals surface area contributed by atoms with Crippen LogP contribution in [0.25, 0.3) is 0 Å². The maximum absolute atomic E-state index is 12.1. The highest BCUT2D eigenvalue weighted by atomic mass is 16.6. The van der Waals surface area contributed by atoms with Crippen LogP contribution in [-0.2, 0) is 0 Å². The van der Waals surface area contributed by atoms with Gasteiger partial charge in [0.2, 0.25) is 0 Å². The number of nitro groups is 1. The van der Waals surface area contributed by atoms with Crippen molar-refractivity contribution in [1.29, 1.82) is 0 Å². The number of rotatable bonds is 8. The predicted molar refractivity (Wildman–Crippen MR) is 109 cm³/mol. The summed E-state index contributed by atoms with van der Waals surface area (Å²) in [6.45, 7) is 11.0. The molecule has 0 saturated heterocycles. The van der Waals surface area contributed by atoms with Gasteiger partial charge in [0.25, 0.3) is 0 Å². The Morgan fingerprint density at radius 2 is 1.85 bits per heavy atom. The summed E-state index contributed by atoms with van der Waals surface area (Å²) in [5.74, 6) is 0.707. The van der Waals surface area contributed by atoms with Gasteiger partial charge in [-0.15, -0.1) is 0 Å². The van der Waals surface area contributed by atoms with Crippen molar-refractivity contribution in [1.82, 2.24) is 4.90 Å². The first-order chi connectivity index (χ1) is 12.8. The van der Waals surface area contributed by atoms with Gasteiger partial charge in [0.15, 0.2) is 6.17 Å². The van der Waals surface area contributed by atoms with Gasteiger partial charge in [-0.2, -0.15) is 0 Å². The molecule has 27 heavy (non-hydrogen) atoms. The van der Waals surface area contributed by atoms with Crippen molar-refractivity contribution >= 4 is 11.9 Å². The molecule has 0 amide bonds. The first kappa shape index (κ1) is 21.0. The Balaban J connectivity index is 2.52. The molecule has 148 valence electrons. The van der Waals surface area contributed by atoms with Gasteiger partial charge >= 0.3 is 5.66 Å². The van der Waals surface area contributed by atoms with Crippen LogP contribution < -0.4 is 4.74 Å². The van der Waals surface area contributed by atoms with Gasteiger partial charge in [0.05, 0.1) is 12.0 Å². The van der Waals surface area contributed by atoms with Crippen LogP contribution in [0.15, 0.2) is 22.1 Å². The second-order valence-electron chi connectivity index (χ2n) is 7.03. The minimum Gasteiger partial charge on any atom is -0.496 e. The number of benzene rings is 1. The Kier molecular flexibility index (Phi) is 6.70. The minimum atomic E-state index is -1.48. The summed E-state index contributed by atoms with van der Waals surface area (Å²) in [5.41, 5.74) is 1.93. The third kappa shape index (κ3) is 3.88. The van der Waals surface area contributed by atoms with E-state index in [4.69, 9.17) is 4.74 Å². The molecule has 0 saturated carbocycles. The van der Waals surface area contributed by atoms with Crippen molar-refractivity contribution in [2.75, 3.05) is 20.2 Å². The van der Waals surface area contributed by atoms with Crippen LogP contribution in [0.1, 0.15) is 56.5 Å². The van der Waals surface area contributed by atoms with Crippen molar-refractivity contribution in [3.8, 4) is 5.75 Å². The molecule has 1 aromatic rings. The average Bonchev–Trinajstić information content (AvgIpc) is 2.60. The molecule has 1 aliphatic rings. The van der Waals surface area contributed by atoms with Gasteiger partial charge in [0, 0.05) is 18.7 Å². The van der Waals surface area contributed by atoms with Crippen molar-refractivity contribution in [3.05, 3.63) is 38.9 Å². The lowest BCUT2D eigenvalue weighted by Crippen LogP contribution is -2.62. The number of hydrogen-bond donors (Lipinski definition) is 0. The fourth-order valence-electron chi connectivity index (χ4n) is 3.76. The maximum Gasteiger partial charge on any atom is 0.350 e. The Hall–Kier alpha value is -2.28. The molecule has 7 heteroatoms. The summed E-state index contributed by atoms with van der Waals surface area (Å²) in [4.78, 5) is 22.9. The molecule has 2 unspecified atom stereocenters. The van der Waals surface area contributed by atoms with E-state index in [2.05, 4.69) is 9.98 Å². The van der Waals surface area contributed by atoms with Gasteiger partial charge < -0.3 is 4.74 Å². The number of ether oxygens (including phenoxy) is 1. The van der Waals surface area contributed by atoms with Crippen LogP contribution in [0.4, 0.5) is 0 Å². The molecule has 1 aliphatic heterocycles. The van der Waals surface area contributed by atoms with E-state index in [-0.39, 0.29) is 4.92 Å². The molecule has 0 bridgehead atoms. The molecule has 2 rings (SSSR count). The van der Waals surface area contributed by atoms with Crippen molar-refractivity contribution in [2.24, 2.45) is 9.98 Å². The zero-order chi connectivity index (χ0) is 20.2. The van der Waals surface area contributed by atoms with E-state index in [0.717, 1.165) is 29.5 Å². The highest BCUT2D eigenvalue weighted by Crippen LogP contribution is 2.36. The second-order valence-corrected chi connectivity index (χ2v) is 7.03. The van der Waals surface area contributed by atoms with Gasteiger partial charge in [-0.05, 0) is 50.8 Å². The van der Waals surface area contributed by atoms with Gasteiger partial charge in [-0.1, -0.05) is 19.9 Å². The monoisotopic (exact) mass is 374 g/mol. The number of aliphatic imine (C=N–C) groups is 2. The van der Waals surface area contributed by atoms with Gasteiger partial charge in [-0.25, -0.2) is 4.90 Å². The Morgan fingerprint density at radius 1 is 1.22 bits per heavy atom. The SMILES string of the molecule is CCCN(CCC)C1([N+](=O)[O-])C=NC(c2c(C)cc(C)cc2OC)N=C1C. The summed E-state index contributed by atoms with van der Waals surface area (Å²) in [6, 6.07) is 3.99. The zero-order valence-electron chi connectivity index (χ0n) is 17.2. The lowest BCUT2D eigenvalue weighted by Gasteiger charge is -2.36. The van der Waals surface area contributed by atoms with E-state index >= 15 is 0 Å². The van der Waals surface area contributed by atoms with Crippen molar-refractivity contribution in [3.63, 3.8) is 0 Å². The van der Waals surface area contributed by atoms with E-state index in [1.807, 2.05) is 44.7 Å². The fraction of sp³-hybridized carbons (Fsp3) is 0.600. The van der Waals surface area contributed by atoms with E-state index < -0.39 is 11.8 Å². The highest BCUT2D eigenvalue weighted by Gasteiger charge is 2.52. The first-order valence-corrected chi connectivity index (χ1v) is 9.45. The first-order valence-electron chi connectivity index (χ1n) is 9.45. The van der Waals surface area contributed by atoms with E-state index in [0.29, 0.717) is 24.6 Å². The molecular formula is C20H30N4O3. The number of methoxy groups -OCH3 is 1. The molecule has 1 heterocycles. The maximum atomic E-state index is 12.1. The normalized spacial score (nSPS) is 22.0. The van der Waals surface area contributed by atoms with Crippen LogP contribution in [-0.4, -0.2) is 47.6 Å². The molecule has 1 aromatic carbocycles. The quantitative estimate of drug-likeness (QED) is 0.392. The van der Waals surface area contributed by atoms with Crippen LogP contribution in [0.2, 0.25) is 0 Å². The lowest BCUT2D eigenvalue weighted by molar-refractivity contribution is -0.553. The molecule has 0 aliphatic carbocycles. The molecule has 2 atom stereocenters. The summed E-state index contributed by atoms with van der Waals surface area (Å²) < 4.78 is 5.53. The van der Waals surface area contributed by atoms with Crippen molar-refractivity contribution < 1.29 is 9.66 Å². The van der Waals surface area contributed by atoms with Gasteiger partial charge in [0.1, 0.15) is 17.7 Å².